The van der Waals surface area contributed by atoms with Crippen LogP contribution in [0.5, 0.6) is 0 Å². The van der Waals surface area contributed by atoms with Gasteiger partial charge in [0.1, 0.15) is 6.04 Å². The van der Waals surface area contributed by atoms with Crippen molar-refractivity contribution < 1.29 is 14.3 Å². The lowest BCUT2D eigenvalue weighted by atomic mass is 9.95. The molecule has 1 saturated heterocycles. The molecule has 1 N–H and O–H groups in total. The second-order valence-electron chi connectivity index (χ2n) is 9.47. The summed E-state index contributed by atoms with van der Waals surface area (Å²) < 4.78 is 11.8. The predicted molar refractivity (Wildman–Crippen MR) is 152 cm³/mol. The number of likely N-dealkylation sites (tertiary alicyclic amines) is 1. The summed E-state index contributed by atoms with van der Waals surface area (Å²) in [6.07, 6.45) is 7.31. The summed E-state index contributed by atoms with van der Waals surface area (Å²) >= 11 is 1.49. The Morgan fingerprint density at radius 2 is 1.87 bits per heavy atom. The Hall–Kier alpha value is -3.12. The van der Waals surface area contributed by atoms with Crippen molar-refractivity contribution in [3.05, 3.63) is 82.6 Å². The first kappa shape index (κ1) is 27.9. The molecule has 2 aliphatic heterocycles. The van der Waals surface area contributed by atoms with E-state index in [9.17, 15) is 10.1 Å². The Morgan fingerprint density at radius 3 is 2.58 bits per heavy atom. The van der Waals surface area contributed by atoms with Crippen LogP contribution < -0.4 is 5.32 Å². The molecular weight excluding hydrogens is 496 g/mol. The van der Waals surface area contributed by atoms with E-state index < -0.39 is 12.0 Å². The number of ether oxygens (including phenoxy) is 2. The first-order valence-electron chi connectivity index (χ1n) is 13.3. The van der Waals surface area contributed by atoms with E-state index >= 15 is 0 Å². The molecular formula is C30H36N4O3S. The van der Waals surface area contributed by atoms with Crippen molar-refractivity contribution in [3.8, 4) is 6.07 Å². The summed E-state index contributed by atoms with van der Waals surface area (Å²) in [5.74, 6) is -0.390. The standard InChI is InChI=1S/C30H36N4O3S/c1-38-30-32-26(22-36-20-18-34-16-6-3-7-17-34)27(28(33-30)25-14-12-24(21-31)13-15-25)29(35)37-19-8-11-23-9-4-2-5-10-23/h2,4-5,9-10,12-15,28H,3,6-8,11,16-20,22H2,1H3,(H,32,33). The van der Waals surface area contributed by atoms with Crippen molar-refractivity contribution in [2.45, 2.75) is 38.1 Å². The quantitative estimate of drug-likeness (QED) is 0.327. The molecule has 0 aliphatic carbocycles. The normalized spacial score (nSPS) is 17.9. The number of nitrogens with one attached hydrogen (secondary N) is 1. The van der Waals surface area contributed by atoms with Crippen LogP contribution >= 0.6 is 11.8 Å². The van der Waals surface area contributed by atoms with E-state index in [-0.39, 0.29) is 6.61 Å². The molecule has 0 spiro atoms. The van der Waals surface area contributed by atoms with Gasteiger partial charge in [-0.25, -0.2) is 9.79 Å². The van der Waals surface area contributed by atoms with Gasteiger partial charge in [0.2, 0.25) is 0 Å². The topological polar surface area (TPSA) is 87.0 Å². The number of aryl methyl sites for hydroxylation is 1. The number of amidine groups is 1. The number of esters is 1. The van der Waals surface area contributed by atoms with Crippen LogP contribution in [-0.2, 0) is 20.7 Å². The average Bonchev–Trinajstić information content (AvgIpc) is 2.98. The molecule has 0 aromatic heterocycles. The van der Waals surface area contributed by atoms with Crippen LogP contribution in [0, 0.1) is 11.3 Å². The van der Waals surface area contributed by atoms with Gasteiger partial charge in [0.05, 0.1) is 42.7 Å². The lowest BCUT2D eigenvalue weighted by Crippen LogP contribution is -2.35. The maximum atomic E-state index is 13.5. The maximum Gasteiger partial charge on any atom is 0.338 e. The number of nitriles is 1. The molecule has 4 rings (SSSR count). The third kappa shape index (κ3) is 7.94. The molecule has 1 fully saturated rings. The molecule has 7 nitrogen and oxygen atoms in total. The van der Waals surface area contributed by atoms with Gasteiger partial charge in [-0.3, -0.25) is 0 Å². The van der Waals surface area contributed by atoms with Crippen molar-refractivity contribution >= 4 is 22.9 Å². The monoisotopic (exact) mass is 532 g/mol. The van der Waals surface area contributed by atoms with Gasteiger partial charge in [-0.2, -0.15) is 5.26 Å². The van der Waals surface area contributed by atoms with Gasteiger partial charge in [-0.15, -0.1) is 0 Å². The Kier molecular flexibility index (Phi) is 10.8. The molecule has 200 valence electrons. The van der Waals surface area contributed by atoms with E-state index in [0.717, 1.165) is 43.2 Å². The number of aliphatic imine (C=N–C) groups is 1. The number of thioether (sulfide) groups is 1. The molecule has 0 radical (unpaired) electrons. The SMILES string of the molecule is CSC1=NC(c2ccc(C#N)cc2)C(C(=O)OCCCc2ccccc2)=C(COCCN2CCCCC2)N1. The fraction of sp³-hybridized carbons (Fsp3) is 0.433. The molecule has 0 amide bonds. The number of carbonyl (C=O) groups is 1. The summed E-state index contributed by atoms with van der Waals surface area (Å²) in [7, 11) is 0. The van der Waals surface area contributed by atoms with Gasteiger partial charge in [-0.05, 0) is 68.3 Å². The van der Waals surface area contributed by atoms with E-state index in [1.165, 1.54) is 36.6 Å². The minimum atomic E-state index is -0.534. The van der Waals surface area contributed by atoms with E-state index in [1.54, 1.807) is 12.1 Å². The lowest BCUT2D eigenvalue weighted by Gasteiger charge is -2.28. The summed E-state index contributed by atoms with van der Waals surface area (Å²) in [6, 6.07) is 19.0. The van der Waals surface area contributed by atoms with Crippen molar-refractivity contribution in [2.75, 3.05) is 45.7 Å². The Morgan fingerprint density at radius 1 is 1.11 bits per heavy atom. The van der Waals surface area contributed by atoms with E-state index in [2.05, 4.69) is 28.4 Å². The number of benzene rings is 2. The number of nitrogens with zero attached hydrogens (tertiary/aromatic N) is 3. The molecule has 2 aromatic rings. The largest absolute Gasteiger partial charge is 0.462 e. The van der Waals surface area contributed by atoms with Gasteiger partial charge in [0, 0.05) is 6.54 Å². The van der Waals surface area contributed by atoms with Crippen molar-refractivity contribution in [3.63, 3.8) is 0 Å². The minimum Gasteiger partial charge on any atom is -0.462 e. The summed E-state index contributed by atoms with van der Waals surface area (Å²) in [5, 5.41) is 13.3. The zero-order chi connectivity index (χ0) is 26.6. The number of rotatable bonds is 11. The van der Waals surface area contributed by atoms with Crippen molar-refractivity contribution in [1.82, 2.24) is 10.2 Å². The van der Waals surface area contributed by atoms with E-state index in [1.807, 2.05) is 36.6 Å². The van der Waals surface area contributed by atoms with Gasteiger partial charge in [0.15, 0.2) is 5.17 Å². The van der Waals surface area contributed by atoms with Crippen molar-refractivity contribution in [2.24, 2.45) is 4.99 Å². The maximum absolute atomic E-state index is 13.5. The van der Waals surface area contributed by atoms with Crippen LogP contribution in [0.1, 0.15) is 48.4 Å². The van der Waals surface area contributed by atoms with Crippen molar-refractivity contribution in [1.29, 1.82) is 5.26 Å². The molecule has 1 unspecified atom stereocenters. The smallest absolute Gasteiger partial charge is 0.338 e. The number of carbonyl (C=O) groups excluding carboxylic acids is 1. The van der Waals surface area contributed by atoms with Gasteiger partial charge in [0.25, 0.3) is 0 Å². The predicted octanol–water partition coefficient (Wildman–Crippen LogP) is 4.85. The Bertz CT molecular complexity index is 1150. The zero-order valence-corrected chi connectivity index (χ0v) is 22.8. The Labute approximate surface area is 229 Å². The zero-order valence-electron chi connectivity index (χ0n) is 22.0. The van der Waals surface area contributed by atoms with Gasteiger partial charge >= 0.3 is 5.97 Å². The highest BCUT2D eigenvalue weighted by Gasteiger charge is 2.32. The third-order valence-corrected chi connectivity index (χ3v) is 7.40. The highest BCUT2D eigenvalue weighted by Crippen LogP contribution is 2.33. The van der Waals surface area contributed by atoms with Crippen LogP contribution in [0.25, 0.3) is 0 Å². The second-order valence-corrected chi connectivity index (χ2v) is 10.3. The highest BCUT2D eigenvalue weighted by molar-refractivity contribution is 8.13. The number of piperidine rings is 1. The van der Waals surface area contributed by atoms with Gasteiger partial charge < -0.3 is 19.7 Å². The van der Waals surface area contributed by atoms with Crippen LogP contribution in [0.15, 0.2) is 70.9 Å². The molecule has 38 heavy (non-hydrogen) atoms. The summed E-state index contributed by atoms with van der Waals surface area (Å²) in [6.45, 7) is 4.31. The summed E-state index contributed by atoms with van der Waals surface area (Å²) in [5.41, 5.74) is 3.76. The lowest BCUT2D eigenvalue weighted by molar-refractivity contribution is -0.139. The van der Waals surface area contributed by atoms with E-state index in [4.69, 9.17) is 14.5 Å². The van der Waals surface area contributed by atoms with Crippen LogP contribution in [0.3, 0.4) is 0 Å². The molecule has 2 aliphatic rings. The van der Waals surface area contributed by atoms with Crippen LogP contribution in [0.2, 0.25) is 0 Å². The molecule has 0 bridgehead atoms. The first-order chi connectivity index (χ1) is 18.7. The fourth-order valence-corrected chi connectivity index (χ4v) is 5.16. The molecule has 8 heteroatoms. The third-order valence-electron chi connectivity index (χ3n) is 6.80. The van der Waals surface area contributed by atoms with Crippen LogP contribution in [0.4, 0.5) is 0 Å². The van der Waals surface area contributed by atoms with E-state index in [0.29, 0.717) is 30.0 Å². The first-order valence-corrected chi connectivity index (χ1v) is 14.5. The molecule has 0 saturated carbocycles. The molecule has 2 heterocycles. The minimum absolute atomic E-state index is 0.272. The summed E-state index contributed by atoms with van der Waals surface area (Å²) in [4.78, 5) is 20.7. The highest BCUT2D eigenvalue weighted by atomic mass is 32.2. The fourth-order valence-electron chi connectivity index (χ4n) is 4.72. The molecule has 1 atom stereocenters. The number of hydrogen-bond acceptors (Lipinski definition) is 8. The Balaban J connectivity index is 1.48. The van der Waals surface area contributed by atoms with Crippen LogP contribution in [-0.4, -0.2) is 61.7 Å². The number of hydrogen-bond donors (Lipinski definition) is 1. The van der Waals surface area contributed by atoms with Gasteiger partial charge in [-0.1, -0.05) is 60.6 Å². The average molecular weight is 533 g/mol. The molecule has 2 aromatic carbocycles. The second kappa shape index (κ2) is 14.7.